The van der Waals surface area contributed by atoms with E-state index in [2.05, 4.69) is 32.2 Å². The summed E-state index contributed by atoms with van der Waals surface area (Å²) in [5, 5.41) is 9.91. The number of anilines is 1. The fourth-order valence-corrected chi connectivity index (χ4v) is 3.02. The highest BCUT2D eigenvalue weighted by molar-refractivity contribution is 7.99. The molecule has 2 aromatic carbocycles. The van der Waals surface area contributed by atoms with Crippen molar-refractivity contribution in [3.63, 3.8) is 0 Å². The largest absolute Gasteiger partial charge is 0.433 e. The quantitative estimate of drug-likeness (QED) is 0.545. The second kappa shape index (κ2) is 9.32. The first-order valence-electron chi connectivity index (χ1n) is 8.53. The predicted octanol–water partition coefficient (Wildman–Crippen LogP) is 4.37. The van der Waals surface area contributed by atoms with Crippen LogP contribution in [-0.2, 0) is 11.2 Å². The first-order valence-corrected chi connectivity index (χ1v) is 9.52. The molecule has 3 rings (SSSR count). The van der Waals surface area contributed by atoms with Gasteiger partial charge in [-0.25, -0.2) is 4.98 Å². The average Bonchev–Trinajstić information content (AvgIpc) is 3.17. The molecule has 2 N–H and O–H groups in total. The van der Waals surface area contributed by atoms with Gasteiger partial charge in [0.2, 0.25) is 11.1 Å². The van der Waals surface area contributed by atoms with Crippen molar-refractivity contribution >= 4 is 23.4 Å². The summed E-state index contributed by atoms with van der Waals surface area (Å²) < 4.78 is 29.3. The summed E-state index contributed by atoms with van der Waals surface area (Å²) >= 11 is 1.14. The molecule has 0 aliphatic heterocycles. The van der Waals surface area contributed by atoms with E-state index in [9.17, 15) is 13.6 Å². The molecule has 0 saturated heterocycles. The molecule has 0 aliphatic carbocycles. The van der Waals surface area contributed by atoms with E-state index in [4.69, 9.17) is 0 Å². The van der Waals surface area contributed by atoms with Gasteiger partial charge in [-0.2, -0.15) is 8.78 Å². The molecule has 6 nitrogen and oxygen atoms in total. The van der Waals surface area contributed by atoms with Crippen LogP contribution in [0.2, 0.25) is 0 Å². The van der Waals surface area contributed by atoms with Gasteiger partial charge < -0.3 is 10.1 Å². The van der Waals surface area contributed by atoms with Crippen molar-refractivity contribution in [2.24, 2.45) is 0 Å². The second-order valence-corrected chi connectivity index (χ2v) is 6.67. The third-order valence-electron chi connectivity index (χ3n) is 3.81. The molecule has 0 bridgehead atoms. The Balaban J connectivity index is 1.57. The number of hydrogen-bond donors (Lipinski definition) is 2. The Labute approximate surface area is 164 Å². The molecule has 146 valence electrons. The number of amides is 1. The Kier molecular flexibility index (Phi) is 6.59. The van der Waals surface area contributed by atoms with Crippen LogP contribution in [0.4, 0.5) is 14.5 Å². The number of aryl methyl sites for hydroxylation is 1. The topological polar surface area (TPSA) is 79.9 Å². The fourth-order valence-electron chi connectivity index (χ4n) is 2.42. The van der Waals surface area contributed by atoms with Gasteiger partial charge in [-0.3, -0.25) is 9.89 Å². The molecular weight excluding hydrogens is 386 g/mol. The van der Waals surface area contributed by atoms with Crippen molar-refractivity contribution in [1.82, 2.24) is 15.2 Å². The molecule has 1 heterocycles. The van der Waals surface area contributed by atoms with Crippen LogP contribution < -0.4 is 10.1 Å². The third-order valence-corrected chi connectivity index (χ3v) is 4.66. The number of aromatic nitrogens is 3. The molecule has 0 fully saturated rings. The Hall–Kier alpha value is -2.94. The molecule has 0 atom stereocenters. The number of carbonyl (C=O) groups excluding carboxylic acids is 1. The minimum atomic E-state index is -2.97. The highest BCUT2D eigenvalue weighted by atomic mass is 32.2. The van der Waals surface area contributed by atoms with Gasteiger partial charge in [-0.15, -0.1) is 5.10 Å². The Morgan fingerprint density at radius 1 is 1.21 bits per heavy atom. The molecule has 3 aromatic rings. The van der Waals surface area contributed by atoms with E-state index in [1.54, 1.807) is 12.1 Å². The van der Waals surface area contributed by atoms with Crippen molar-refractivity contribution in [3.05, 3.63) is 54.1 Å². The fraction of sp³-hybridized carbons (Fsp3) is 0.211. The standard InChI is InChI=1S/C19H18F2N4O2S/c1-2-12-7-9-13(10-8-12)17-23-19(25-24-17)28-11-16(26)22-14-5-3-4-6-15(14)27-18(20)21/h3-10,18H,2,11H2,1H3,(H,22,26)(H,23,24,25). The lowest BCUT2D eigenvalue weighted by Crippen LogP contribution is -2.15. The zero-order valence-electron chi connectivity index (χ0n) is 15.0. The van der Waals surface area contributed by atoms with Crippen LogP contribution in [0.1, 0.15) is 12.5 Å². The van der Waals surface area contributed by atoms with Crippen molar-refractivity contribution in [2.75, 3.05) is 11.1 Å². The smallest absolute Gasteiger partial charge is 0.387 e. The summed E-state index contributed by atoms with van der Waals surface area (Å²) in [6.45, 7) is -0.883. The van der Waals surface area contributed by atoms with Gasteiger partial charge in [0.25, 0.3) is 0 Å². The minimum Gasteiger partial charge on any atom is -0.433 e. The summed E-state index contributed by atoms with van der Waals surface area (Å²) in [5.74, 6) is 0.163. The van der Waals surface area contributed by atoms with Gasteiger partial charge >= 0.3 is 6.61 Å². The van der Waals surface area contributed by atoms with Crippen LogP contribution in [0.3, 0.4) is 0 Å². The molecule has 0 spiro atoms. The van der Waals surface area contributed by atoms with Gasteiger partial charge in [0, 0.05) is 5.56 Å². The molecule has 9 heteroatoms. The van der Waals surface area contributed by atoms with E-state index in [-0.39, 0.29) is 23.1 Å². The number of alkyl halides is 2. The third kappa shape index (κ3) is 5.29. The molecule has 0 radical (unpaired) electrons. The number of aromatic amines is 1. The number of hydrogen-bond acceptors (Lipinski definition) is 5. The van der Waals surface area contributed by atoms with Gasteiger partial charge in [0.15, 0.2) is 5.82 Å². The number of rotatable bonds is 8. The molecule has 0 aliphatic rings. The maximum Gasteiger partial charge on any atom is 0.387 e. The summed E-state index contributed by atoms with van der Waals surface area (Å²) in [5.41, 5.74) is 2.31. The van der Waals surface area contributed by atoms with Gasteiger partial charge in [-0.1, -0.05) is 55.1 Å². The lowest BCUT2D eigenvalue weighted by atomic mass is 10.1. The molecular formula is C19H18F2N4O2S. The number of ether oxygens (including phenoxy) is 1. The SMILES string of the molecule is CCc1ccc(-c2nc(SCC(=O)Nc3ccccc3OC(F)F)n[nH]2)cc1. The zero-order chi connectivity index (χ0) is 19.9. The van der Waals surface area contributed by atoms with Crippen molar-refractivity contribution < 1.29 is 18.3 Å². The maximum absolute atomic E-state index is 12.4. The maximum atomic E-state index is 12.4. The first-order chi connectivity index (χ1) is 13.5. The number of benzene rings is 2. The normalized spacial score (nSPS) is 10.9. The predicted molar refractivity (Wildman–Crippen MR) is 104 cm³/mol. The highest BCUT2D eigenvalue weighted by Crippen LogP contribution is 2.26. The second-order valence-electron chi connectivity index (χ2n) is 5.73. The molecule has 0 unspecified atom stereocenters. The van der Waals surface area contributed by atoms with Crippen molar-refractivity contribution in [1.29, 1.82) is 0 Å². The van der Waals surface area contributed by atoms with Crippen LogP contribution >= 0.6 is 11.8 Å². The van der Waals surface area contributed by atoms with Gasteiger partial charge in [0.1, 0.15) is 5.75 Å². The van der Waals surface area contributed by atoms with Crippen LogP contribution in [0.15, 0.2) is 53.7 Å². The number of halogens is 2. The van der Waals surface area contributed by atoms with Crippen LogP contribution in [0, 0.1) is 0 Å². The molecule has 1 aromatic heterocycles. The number of para-hydroxylation sites is 2. The Morgan fingerprint density at radius 2 is 1.96 bits per heavy atom. The number of carbonyl (C=O) groups is 1. The highest BCUT2D eigenvalue weighted by Gasteiger charge is 2.13. The lowest BCUT2D eigenvalue weighted by molar-refractivity contribution is -0.113. The zero-order valence-corrected chi connectivity index (χ0v) is 15.8. The van der Waals surface area contributed by atoms with Crippen LogP contribution in [-0.4, -0.2) is 33.5 Å². The molecule has 1 amide bonds. The monoisotopic (exact) mass is 404 g/mol. The number of nitrogens with zero attached hydrogens (tertiary/aromatic N) is 2. The summed E-state index contributed by atoms with van der Waals surface area (Å²) in [4.78, 5) is 16.5. The lowest BCUT2D eigenvalue weighted by Gasteiger charge is -2.11. The van der Waals surface area contributed by atoms with E-state index >= 15 is 0 Å². The van der Waals surface area contributed by atoms with Crippen molar-refractivity contribution in [2.45, 2.75) is 25.1 Å². The van der Waals surface area contributed by atoms with Gasteiger partial charge in [0.05, 0.1) is 11.4 Å². The summed E-state index contributed by atoms with van der Waals surface area (Å²) in [6, 6.07) is 14.0. The first kappa shape index (κ1) is 19.8. The number of thioether (sulfide) groups is 1. The minimum absolute atomic E-state index is 0.0229. The van der Waals surface area contributed by atoms with Crippen LogP contribution in [0.5, 0.6) is 5.75 Å². The van der Waals surface area contributed by atoms with Gasteiger partial charge in [-0.05, 0) is 24.1 Å². The number of H-pyrrole nitrogens is 1. The molecule has 28 heavy (non-hydrogen) atoms. The van der Waals surface area contributed by atoms with E-state index in [1.165, 1.54) is 17.7 Å². The van der Waals surface area contributed by atoms with E-state index in [1.807, 2.05) is 24.3 Å². The summed E-state index contributed by atoms with van der Waals surface area (Å²) in [6.07, 6.45) is 0.957. The van der Waals surface area contributed by atoms with Crippen molar-refractivity contribution in [3.8, 4) is 17.1 Å². The van der Waals surface area contributed by atoms with E-state index < -0.39 is 6.61 Å². The summed E-state index contributed by atoms with van der Waals surface area (Å²) in [7, 11) is 0. The average molecular weight is 404 g/mol. The molecule has 0 saturated carbocycles. The van der Waals surface area contributed by atoms with Crippen LogP contribution in [0.25, 0.3) is 11.4 Å². The van der Waals surface area contributed by atoms with E-state index in [0.717, 1.165) is 23.7 Å². The Morgan fingerprint density at radius 3 is 2.68 bits per heavy atom. The Bertz CT molecular complexity index is 932. The van der Waals surface area contributed by atoms with E-state index in [0.29, 0.717) is 11.0 Å². The number of nitrogens with one attached hydrogen (secondary N) is 2.